The van der Waals surface area contributed by atoms with Gasteiger partial charge in [-0.15, -0.1) is 11.3 Å². The van der Waals surface area contributed by atoms with Crippen molar-refractivity contribution in [2.24, 2.45) is 17.8 Å². The largest absolute Gasteiger partial charge is 0.488 e. The third kappa shape index (κ3) is 2.37. The second kappa shape index (κ2) is 6.35. The van der Waals surface area contributed by atoms with E-state index in [0.29, 0.717) is 24.5 Å². The normalized spacial score (nSPS) is 24.4. The van der Waals surface area contributed by atoms with Gasteiger partial charge in [0, 0.05) is 31.8 Å². The molecule has 0 bridgehead atoms. The first-order chi connectivity index (χ1) is 13.5. The first-order valence-electron chi connectivity index (χ1n) is 10.0. The topological polar surface area (TPSA) is 29.5 Å². The highest BCUT2D eigenvalue weighted by Gasteiger charge is 2.56. The molecule has 0 aliphatic carbocycles. The zero-order valence-corrected chi connectivity index (χ0v) is 17.5. The van der Waals surface area contributed by atoms with E-state index in [1.807, 2.05) is 4.90 Å². The van der Waals surface area contributed by atoms with Crippen LogP contribution in [0.5, 0.6) is 5.75 Å². The number of hydrogen-bond acceptors (Lipinski definition) is 3. The molecule has 0 spiro atoms. The number of carbonyl (C=O) groups is 1. The summed E-state index contributed by atoms with van der Waals surface area (Å²) in [6.45, 7) is 9.17. The van der Waals surface area contributed by atoms with Crippen LogP contribution in [0.2, 0.25) is 0 Å². The number of thiophene rings is 1. The number of nitrogens with zero attached hydrogens (tertiary/aromatic N) is 1. The molecule has 2 aliphatic heterocycles. The van der Waals surface area contributed by atoms with Crippen molar-refractivity contribution in [3.8, 4) is 5.75 Å². The lowest BCUT2D eigenvalue weighted by Crippen LogP contribution is -2.61. The number of hydrogen-bond donors (Lipinski definition) is 0. The average molecular weight is 392 g/mol. The minimum Gasteiger partial charge on any atom is -0.488 e. The van der Waals surface area contributed by atoms with Crippen LogP contribution in [0.4, 0.5) is 0 Å². The van der Waals surface area contributed by atoms with Crippen LogP contribution in [0.25, 0.3) is 20.2 Å². The Kier molecular flexibility index (Phi) is 4.02. The number of ether oxygens (including phenoxy) is 1. The van der Waals surface area contributed by atoms with Gasteiger partial charge in [0.15, 0.2) is 0 Å². The van der Waals surface area contributed by atoms with Crippen LogP contribution in [-0.4, -0.2) is 23.5 Å². The Morgan fingerprint density at radius 2 is 1.86 bits per heavy atom. The highest BCUT2D eigenvalue weighted by molar-refractivity contribution is 7.25. The lowest BCUT2D eigenvalue weighted by atomic mass is 9.74. The van der Waals surface area contributed by atoms with E-state index >= 15 is 0 Å². The molecule has 2 aliphatic rings. The minimum atomic E-state index is 0.145. The van der Waals surface area contributed by atoms with Crippen molar-refractivity contribution in [2.45, 2.75) is 33.7 Å². The molecular formula is C24H25NO2S. The maximum Gasteiger partial charge on any atom is 0.232 e. The Morgan fingerprint density at radius 1 is 1.11 bits per heavy atom. The highest BCUT2D eigenvalue weighted by Crippen LogP contribution is 2.48. The molecule has 3 heterocycles. The van der Waals surface area contributed by atoms with Gasteiger partial charge in [0.2, 0.25) is 5.91 Å². The molecule has 28 heavy (non-hydrogen) atoms. The summed E-state index contributed by atoms with van der Waals surface area (Å²) in [5, 5.41) is 2.45. The van der Waals surface area contributed by atoms with E-state index in [0.717, 1.165) is 11.4 Å². The molecule has 3 atom stereocenters. The van der Waals surface area contributed by atoms with Gasteiger partial charge in [-0.3, -0.25) is 4.79 Å². The van der Waals surface area contributed by atoms with Crippen LogP contribution in [-0.2, 0) is 4.79 Å². The van der Waals surface area contributed by atoms with Crippen LogP contribution >= 0.6 is 11.3 Å². The summed E-state index contributed by atoms with van der Waals surface area (Å²) in [4.78, 5) is 14.6. The SMILES string of the molecule is CC1=C(COc2cccc3sc4ccccc4c23)[C@H](C)[C@@H]2[C@@H](C(C)C)C(=O)N12. The second-order valence-corrected chi connectivity index (χ2v) is 9.47. The van der Waals surface area contributed by atoms with E-state index in [4.69, 9.17) is 4.74 Å². The minimum absolute atomic E-state index is 0.145. The van der Waals surface area contributed by atoms with E-state index in [1.54, 1.807) is 11.3 Å². The standard InChI is InChI=1S/C24H25NO2S/c1-13(2)21-23-14(3)17(15(4)25(23)24(21)26)12-27-18-9-7-11-20-22(18)16-8-5-6-10-19(16)28-20/h5-11,13-14,21,23H,12H2,1-4H3/t14-,21+,23+/m0/s1. The van der Waals surface area contributed by atoms with Gasteiger partial charge >= 0.3 is 0 Å². The van der Waals surface area contributed by atoms with E-state index in [9.17, 15) is 4.79 Å². The van der Waals surface area contributed by atoms with E-state index in [1.165, 1.54) is 25.7 Å². The summed E-state index contributed by atoms with van der Waals surface area (Å²) in [6, 6.07) is 15.1. The molecule has 144 valence electrons. The fourth-order valence-electron chi connectivity index (χ4n) is 5.08. The first-order valence-corrected chi connectivity index (χ1v) is 10.9. The third-order valence-electron chi connectivity index (χ3n) is 6.54. The number of allylic oxidation sites excluding steroid dienone is 1. The molecule has 3 aromatic rings. The summed E-state index contributed by atoms with van der Waals surface area (Å²) >= 11 is 1.80. The Balaban J connectivity index is 1.46. The summed E-state index contributed by atoms with van der Waals surface area (Å²) in [5.74, 6) is 2.10. The lowest BCUT2D eigenvalue weighted by Gasteiger charge is -2.47. The van der Waals surface area contributed by atoms with Crippen molar-refractivity contribution in [1.82, 2.24) is 4.90 Å². The summed E-state index contributed by atoms with van der Waals surface area (Å²) < 4.78 is 8.91. The van der Waals surface area contributed by atoms with Crippen LogP contribution in [0.3, 0.4) is 0 Å². The fraction of sp³-hybridized carbons (Fsp3) is 0.375. The first kappa shape index (κ1) is 17.7. The maximum atomic E-state index is 12.6. The smallest absolute Gasteiger partial charge is 0.232 e. The lowest BCUT2D eigenvalue weighted by molar-refractivity contribution is -0.155. The number of amides is 1. The Bertz CT molecular complexity index is 1130. The van der Waals surface area contributed by atoms with Gasteiger partial charge in [0.25, 0.3) is 0 Å². The molecule has 1 amide bonds. The Morgan fingerprint density at radius 3 is 2.64 bits per heavy atom. The van der Waals surface area contributed by atoms with E-state index in [-0.39, 0.29) is 11.8 Å². The zero-order valence-electron chi connectivity index (χ0n) is 16.7. The number of fused-ring (bicyclic) bond motifs is 4. The van der Waals surface area contributed by atoms with Crippen LogP contribution in [0, 0.1) is 17.8 Å². The van der Waals surface area contributed by atoms with Gasteiger partial charge < -0.3 is 9.64 Å². The van der Waals surface area contributed by atoms with Gasteiger partial charge in [-0.1, -0.05) is 45.0 Å². The molecule has 4 heteroatoms. The quantitative estimate of drug-likeness (QED) is 0.523. The molecule has 0 radical (unpaired) electrons. The zero-order chi connectivity index (χ0) is 19.6. The molecule has 0 N–H and O–H groups in total. The average Bonchev–Trinajstić information content (AvgIpc) is 3.13. The summed E-state index contributed by atoms with van der Waals surface area (Å²) in [6.07, 6.45) is 0. The summed E-state index contributed by atoms with van der Waals surface area (Å²) in [5.41, 5.74) is 2.36. The van der Waals surface area contributed by atoms with E-state index < -0.39 is 0 Å². The Labute approximate surface area is 169 Å². The number of carbonyl (C=O) groups excluding carboxylic acids is 1. The molecule has 2 aromatic carbocycles. The Hall–Kier alpha value is -2.33. The highest BCUT2D eigenvalue weighted by atomic mass is 32.1. The third-order valence-corrected chi connectivity index (χ3v) is 7.68. The molecule has 1 fully saturated rings. The molecular weight excluding hydrogens is 366 g/mol. The predicted octanol–water partition coefficient (Wildman–Crippen LogP) is 5.84. The number of β-lactam (4-membered cyclic amide) rings is 1. The van der Waals surface area contributed by atoms with Crippen molar-refractivity contribution in [3.05, 3.63) is 53.7 Å². The van der Waals surface area contributed by atoms with Gasteiger partial charge in [-0.2, -0.15) is 0 Å². The monoisotopic (exact) mass is 391 g/mol. The molecule has 3 nitrogen and oxygen atoms in total. The van der Waals surface area contributed by atoms with Crippen LogP contribution in [0.15, 0.2) is 53.7 Å². The summed E-state index contributed by atoms with van der Waals surface area (Å²) in [7, 11) is 0. The van der Waals surface area contributed by atoms with Crippen molar-refractivity contribution >= 4 is 37.4 Å². The van der Waals surface area contributed by atoms with Crippen molar-refractivity contribution < 1.29 is 9.53 Å². The van der Waals surface area contributed by atoms with Gasteiger partial charge in [0.1, 0.15) is 12.4 Å². The number of rotatable bonds is 4. The van der Waals surface area contributed by atoms with Crippen LogP contribution in [0.1, 0.15) is 27.7 Å². The van der Waals surface area contributed by atoms with Gasteiger partial charge in [-0.25, -0.2) is 0 Å². The second-order valence-electron chi connectivity index (χ2n) is 8.38. The molecule has 5 rings (SSSR count). The predicted molar refractivity (Wildman–Crippen MR) is 116 cm³/mol. The van der Waals surface area contributed by atoms with Crippen LogP contribution < -0.4 is 4.74 Å². The molecule has 0 saturated carbocycles. The van der Waals surface area contributed by atoms with Crippen molar-refractivity contribution in [2.75, 3.05) is 6.61 Å². The number of benzene rings is 2. The molecule has 1 aromatic heterocycles. The van der Waals surface area contributed by atoms with Crippen molar-refractivity contribution in [3.63, 3.8) is 0 Å². The van der Waals surface area contributed by atoms with Gasteiger partial charge in [-0.05, 0) is 36.6 Å². The molecule has 1 saturated heterocycles. The maximum absolute atomic E-state index is 12.6. The molecule has 0 unspecified atom stereocenters. The van der Waals surface area contributed by atoms with Crippen molar-refractivity contribution in [1.29, 1.82) is 0 Å². The van der Waals surface area contributed by atoms with E-state index in [2.05, 4.69) is 70.2 Å². The fourth-order valence-corrected chi connectivity index (χ4v) is 6.20. The van der Waals surface area contributed by atoms with Gasteiger partial charge in [0.05, 0.1) is 12.0 Å².